The standard InChI is InChI=1S/C26H20N4/c1-4-12-20(13-5-1)27-25-23-18-10-11-19-24(23)29-26(28-21-14-6-2-7-15-21)30(25)22-16-8-3-9-17-22/h1-19,27H. The minimum atomic E-state index is 0.615. The van der Waals surface area contributed by atoms with Gasteiger partial charge in [-0.15, -0.1) is 0 Å². The molecule has 1 aromatic heterocycles. The van der Waals surface area contributed by atoms with E-state index in [1.54, 1.807) is 0 Å². The Bertz CT molecular complexity index is 1340. The fourth-order valence-corrected chi connectivity index (χ4v) is 3.45. The molecular weight excluding hydrogens is 368 g/mol. The number of para-hydroxylation sites is 4. The van der Waals surface area contributed by atoms with Crippen molar-refractivity contribution in [1.82, 2.24) is 9.55 Å². The predicted molar refractivity (Wildman–Crippen MR) is 122 cm³/mol. The third-order valence-electron chi connectivity index (χ3n) is 4.84. The molecule has 0 unspecified atom stereocenters. The van der Waals surface area contributed by atoms with E-state index in [9.17, 15) is 0 Å². The molecule has 5 rings (SSSR count). The van der Waals surface area contributed by atoms with Crippen LogP contribution in [0.15, 0.2) is 120 Å². The van der Waals surface area contributed by atoms with Crippen molar-refractivity contribution in [2.24, 2.45) is 4.99 Å². The lowest BCUT2D eigenvalue weighted by molar-refractivity contribution is 0.903. The first-order valence-corrected chi connectivity index (χ1v) is 9.87. The first-order valence-electron chi connectivity index (χ1n) is 9.87. The normalized spacial score (nSPS) is 11.5. The summed E-state index contributed by atoms with van der Waals surface area (Å²) >= 11 is 0. The zero-order valence-electron chi connectivity index (χ0n) is 16.3. The number of benzene rings is 4. The summed E-state index contributed by atoms with van der Waals surface area (Å²) in [6.45, 7) is 0. The number of nitrogens with zero attached hydrogens (tertiary/aromatic N) is 3. The molecule has 30 heavy (non-hydrogen) atoms. The number of aromatic nitrogens is 2. The SMILES string of the molecule is c1ccc(N=c2nc3ccccc3c(Nc3ccccc3)n2-c2ccccc2)cc1. The maximum absolute atomic E-state index is 4.91. The zero-order chi connectivity index (χ0) is 20.2. The van der Waals surface area contributed by atoms with Gasteiger partial charge in [-0.3, -0.25) is 4.57 Å². The van der Waals surface area contributed by atoms with Crippen molar-refractivity contribution in [2.75, 3.05) is 5.32 Å². The van der Waals surface area contributed by atoms with Gasteiger partial charge in [0.1, 0.15) is 5.82 Å². The van der Waals surface area contributed by atoms with Crippen LogP contribution in [-0.2, 0) is 0 Å². The van der Waals surface area contributed by atoms with Gasteiger partial charge < -0.3 is 5.32 Å². The number of hydrogen-bond donors (Lipinski definition) is 1. The molecule has 0 aliphatic heterocycles. The molecule has 5 aromatic rings. The highest BCUT2D eigenvalue weighted by Crippen LogP contribution is 2.26. The van der Waals surface area contributed by atoms with E-state index in [1.807, 2.05) is 84.9 Å². The molecule has 4 nitrogen and oxygen atoms in total. The summed E-state index contributed by atoms with van der Waals surface area (Å²) in [5, 5.41) is 4.63. The van der Waals surface area contributed by atoms with Crippen LogP contribution in [0, 0.1) is 0 Å². The summed E-state index contributed by atoms with van der Waals surface area (Å²) in [6, 6.07) is 38.4. The van der Waals surface area contributed by atoms with E-state index in [0.717, 1.165) is 33.8 Å². The molecule has 4 aromatic carbocycles. The Morgan fingerprint density at radius 2 is 1.23 bits per heavy atom. The highest BCUT2D eigenvalue weighted by Gasteiger charge is 2.12. The molecule has 0 spiro atoms. The van der Waals surface area contributed by atoms with Gasteiger partial charge in [-0.05, 0) is 48.5 Å². The number of fused-ring (bicyclic) bond motifs is 1. The fourth-order valence-electron chi connectivity index (χ4n) is 3.45. The molecule has 0 radical (unpaired) electrons. The van der Waals surface area contributed by atoms with Crippen molar-refractivity contribution in [3.8, 4) is 5.69 Å². The molecule has 0 aliphatic carbocycles. The van der Waals surface area contributed by atoms with Crippen molar-refractivity contribution in [1.29, 1.82) is 0 Å². The van der Waals surface area contributed by atoms with Gasteiger partial charge in [-0.2, -0.15) is 0 Å². The second-order valence-corrected chi connectivity index (χ2v) is 6.89. The fraction of sp³-hybridized carbons (Fsp3) is 0. The number of rotatable bonds is 4. The predicted octanol–water partition coefficient (Wildman–Crippen LogP) is 6.00. The first kappa shape index (κ1) is 17.9. The summed E-state index contributed by atoms with van der Waals surface area (Å²) in [7, 11) is 0. The monoisotopic (exact) mass is 388 g/mol. The van der Waals surface area contributed by atoms with Crippen LogP contribution in [0.1, 0.15) is 0 Å². The van der Waals surface area contributed by atoms with E-state index in [4.69, 9.17) is 9.98 Å². The van der Waals surface area contributed by atoms with E-state index >= 15 is 0 Å². The smallest absolute Gasteiger partial charge is 0.236 e. The highest BCUT2D eigenvalue weighted by atomic mass is 15.2. The van der Waals surface area contributed by atoms with Crippen LogP contribution in [0.5, 0.6) is 0 Å². The summed E-state index contributed by atoms with van der Waals surface area (Å²) in [4.78, 5) is 9.79. The Morgan fingerprint density at radius 1 is 0.633 bits per heavy atom. The van der Waals surface area contributed by atoms with Gasteiger partial charge in [0.05, 0.1) is 16.9 Å². The summed E-state index contributed by atoms with van der Waals surface area (Å²) < 4.78 is 2.07. The number of hydrogen-bond acceptors (Lipinski definition) is 3. The van der Waals surface area contributed by atoms with E-state index in [2.05, 4.69) is 40.2 Å². The zero-order valence-corrected chi connectivity index (χ0v) is 16.3. The van der Waals surface area contributed by atoms with Gasteiger partial charge in [-0.1, -0.05) is 66.7 Å². The van der Waals surface area contributed by atoms with Crippen molar-refractivity contribution in [3.05, 3.63) is 121 Å². The van der Waals surface area contributed by atoms with Crippen LogP contribution in [0.25, 0.3) is 16.6 Å². The Hall–Kier alpha value is -4.18. The molecule has 0 fully saturated rings. The van der Waals surface area contributed by atoms with E-state index < -0.39 is 0 Å². The average Bonchev–Trinajstić information content (AvgIpc) is 2.81. The van der Waals surface area contributed by atoms with Crippen molar-refractivity contribution < 1.29 is 0 Å². The minimum Gasteiger partial charge on any atom is -0.341 e. The van der Waals surface area contributed by atoms with Crippen LogP contribution < -0.4 is 10.9 Å². The molecule has 0 amide bonds. The highest BCUT2D eigenvalue weighted by molar-refractivity contribution is 5.91. The van der Waals surface area contributed by atoms with Crippen molar-refractivity contribution in [3.63, 3.8) is 0 Å². The maximum Gasteiger partial charge on any atom is 0.236 e. The molecule has 1 heterocycles. The third-order valence-corrected chi connectivity index (χ3v) is 4.84. The van der Waals surface area contributed by atoms with Gasteiger partial charge in [0.25, 0.3) is 0 Å². The summed E-state index contributed by atoms with van der Waals surface area (Å²) in [6.07, 6.45) is 0. The lowest BCUT2D eigenvalue weighted by Crippen LogP contribution is -2.25. The molecule has 4 heteroatoms. The maximum atomic E-state index is 4.91. The molecule has 0 aliphatic rings. The average molecular weight is 388 g/mol. The van der Waals surface area contributed by atoms with Crippen LogP contribution >= 0.6 is 0 Å². The number of nitrogens with one attached hydrogen (secondary N) is 1. The van der Waals surface area contributed by atoms with Crippen molar-refractivity contribution in [2.45, 2.75) is 0 Å². The Kier molecular flexibility index (Phi) is 4.80. The topological polar surface area (TPSA) is 42.2 Å². The van der Waals surface area contributed by atoms with E-state index in [1.165, 1.54) is 0 Å². The molecule has 0 atom stereocenters. The Morgan fingerprint density at radius 3 is 1.97 bits per heavy atom. The van der Waals surface area contributed by atoms with Gasteiger partial charge >= 0.3 is 0 Å². The van der Waals surface area contributed by atoms with Gasteiger partial charge in [0.15, 0.2) is 0 Å². The quantitative estimate of drug-likeness (QED) is 0.410. The van der Waals surface area contributed by atoms with E-state index in [0.29, 0.717) is 5.62 Å². The van der Waals surface area contributed by atoms with Crippen LogP contribution in [0.2, 0.25) is 0 Å². The summed E-state index contributed by atoms with van der Waals surface area (Å²) in [5.74, 6) is 0.924. The molecule has 0 bridgehead atoms. The lowest BCUT2D eigenvalue weighted by atomic mass is 10.2. The Labute approximate surface area is 174 Å². The van der Waals surface area contributed by atoms with Crippen molar-refractivity contribution >= 4 is 28.1 Å². The molecule has 0 saturated carbocycles. The second-order valence-electron chi connectivity index (χ2n) is 6.89. The van der Waals surface area contributed by atoms with Crippen LogP contribution in [-0.4, -0.2) is 9.55 Å². The van der Waals surface area contributed by atoms with Crippen LogP contribution in [0.4, 0.5) is 17.2 Å². The first-order chi connectivity index (χ1) is 14.9. The number of anilines is 2. The summed E-state index contributed by atoms with van der Waals surface area (Å²) in [5.41, 5.74) is 4.35. The molecule has 0 saturated heterocycles. The third kappa shape index (κ3) is 3.59. The second kappa shape index (κ2) is 8.05. The molecule has 144 valence electrons. The van der Waals surface area contributed by atoms with Gasteiger partial charge in [0.2, 0.25) is 5.62 Å². The molecular formula is C26H20N4. The van der Waals surface area contributed by atoms with E-state index in [-0.39, 0.29) is 0 Å². The Balaban J connectivity index is 1.86. The lowest BCUT2D eigenvalue weighted by Gasteiger charge is -2.18. The molecule has 1 N–H and O–H groups in total. The minimum absolute atomic E-state index is 0.615. The van der Waals surface area contributed by atoms with Gasteiger partial charge in [0, 0.05) is 11.1 Å². The van der Waals surface area contributed by atoms with Crippen LogP contribution in [0.3, 0.4) is 0 Å². The largest absolute Gasteiger partial charge is 0.341 e. The van der Waals surface area contributed by atoms with Gasteiger partial charge in [-0.25, -0.2) is 9.98 Å².